The average molecular weight is 351 g/mol. The highest BCUT2D eigenvalue weighted by molar-refractivity contribution is 5.78. The molecule has 2 heterocycles. The van der Waals surface area contributed by atoms with Crippen molar-refractivity contribution in [3.05, 3.63) is 59.9 Å². The molecule has 1 atom stereocenters. The first-order valence-electron chi connectivity index (χ1n) is 8.70. The smallest absolute Gasteiger partial charge is 0.258 e. The number of para-hydroxylation sites is 1. The van der Waals surface area contributed by atoms with Gasteiger partial charge in [-0.05, 0) is 36.8 Å². The third-order valence-electron chi connectivity index (χ3n) is 4.47. The maximum atomic E-state index is 12.1. The van der Waals surface area contributed by atoms with Crippen LogP contribution in [-0.2, 0) is 16.1 Å². The van der Waals surface area contributed by atoms with Crippen LogP contribution in [0.4, 0.5) is 0 Å². The Labute approximate surface area is 151 Å². The van der Waals surface area contributed by atoms with Crippen molar-refractivity contribution < 1.29 is 14.3 Å². The molecule has 1 aliphatic heterocycles. The normalized spacial score (nSPS) is 16.3. The van der Waals surface area contributed by atoms with E-state index in [4.69, 9.17) is 9.47 Å². The van der Waals surface area contributed by atoms with Crippen molar-refractivity contribution in [1.29, 1.82) is 0 Å². The first-order valence-corrected chi connectivity index (χ1v) is 8.70. The standard InChI is InChI=1S/C20H21N3O3/c1-14-7-8-17-18(9-14)23-15(11-25-12-19(23)22-17)10-21-20(24)13-26-16-5-3-2-4-6-16/h2-9,15H,10-13H2,1H3,(H,21,24). The van der Waals surface area contributed by atoms with E-state index in [1.165, 1.54) is 5.56 Å². The summed E-state index contributed by atoms with van der Waals surface area (Å²) in [6.07, 6.45) is 0. The number of imidazole rings is 1. The minimum absolute atomic E-state index is 0.00572. The first-order chi connectivity index (χ1) is 12.7. The third kappa shape index (κ3) is 3.41. The number of rotatable bonds is 5. The van der Waals surface area contributed by atoms with Gasteiger partial charge in [-0.25, -0.2) is 4.98 Å². The number of hydrogen-bond donors (Lipinski definition) is 1. The maximum Gasteiger partial charge on any atom is 0.258 e. The summed E-state index contributed by atoms with van der Waals surface area (Å²) in [6.45, 7) is 3.58. The Balaban J connectivity index is 1.42. The Morgan fingerprint density at radius 2 is 2.15 bits per heavy atom. The van der Waals surface area contributed by atoms with Crippen LogP contribution in [-0.4, -0.2) is 35.2 Å². The molecular weight excluding hydrogens is 330 g/mol. The van der Waals surface area contributed by atoms with Gasteiger partial charge in [0.1, 0.15) is 18.2 Å². The molecule has 1 aromatic heterocycles. The molecule has 1 unspecified atom stereocenters. The SMILES string of the molecule is Cc1ccc2nc3n(c2c1)C(CNC(=O)COc1ccccc1)COC3. The van der Waals surface area contributed by atoms with Crippen molar-refractivity contribution in [1.82, 2.24) is 14.9 Å². The molecule has 0 aliphatic carbocycles. The van der Waals surface area contributed by atoms with Gasteiger partial charge in [-0.2, -0.15) is 0 Å². The number of carbonyl (C=O) groups excluding carboxylic acids is 1. The zero-order chi connectivity index (χ0) is 17.9. The first kappa shape index (κ1) is 16.6. The van der Waals surface area contributed by atoms with E-state index in [0.717, 1.165) is 16.9 Å². The summed E-state index contributed by atoms with van der Waals surface area (Å²) in [5.41, 5.74) is 3.23. The average Bonchev–Trinajstić information content (AvgIpc) is 3.04. The van der Waals surface area contributed by atoms with E-state index in [1.807, 2.05) is 36.4 Å². The van der Waals surface area contributed by atoms with E-state index in [0.29, 0.717) is 25.5 Å². The van der Waals surface area contributed by atoms with Crippen LogP contribution < -0.4 is 10.1 Å². The lowest BCUT2D eigenvalue weighted by Crippen LogP contribution is -2.37. The van der Waals surface area contributed by atoms with Gasteiger partial charge in [0.25, 0.3) is 5.91 Å². The fraction of sp³-hybridized carbons (Fsp3) is 0.300. The number of fused-ring (bicyclic) bond motifs is 3. The Morgan fingerprint density at radius 3 is 3.00 bits per heavy atom. The topological polar surface area (TPSA) is 65.4 Å². The minimum atomic E-state index is -0.151. The molecule has 1 amide bonds. The van der Waals surface area contributed by atoms with Crippen LogP contribution in [0.25, 0.3) is 11.0 Å². The van der Waals surface area contributed by atoms with Gasteiger partial charge < -0.3 is 19.4 Å². The van der Waals surface area contributed by atoms with Crippen LogP contribution in [0.2, 0.25) is 0 Å². The molecule has 3 aromatic rings. The fourth-order valence-electron chi connectivity index (χ4n) is 3.22. The second-order valence-corrected chi connectivity index (χ2v) is 6.46. The second-order valence-electron chi connectivity index (χ2n) is 6.46. The van der Waals surface area contributed by atoms with E-state index in [2.05, 4.69) is 33.9 Å². The maximum absolute atomic E-state index is 12.1. The lowest BCUT2D eigenvalue weighted by atomic mass is 10.2. The van der Waals surface area contributed by atoms with E-state index in [-0.39, 0.29) is 18.6 Å². The van der Waals surface area contributed by atoms with Gasteiger partial charge in [-0.3, -0.25) is 4.79 Å². The van der Waals surface area contributed by atoms with Crippen molar-refractivity contribution >= 4 is 16.9 Å². The fourth-order valence-corrected chi connectivity index (χ4v) is 3.22. The molecule has 0 saturated heterocycles. The number of ether oxygens (including phenoxy) is 2. The van der Waals surface area contributed by atoms with Crippen molar-refractivity contribution in [2.45, 2.75) is 19.6 Å². The Bertz CT molecular complexity index is 921. The van der Waals surface area contributed by atoms with Gasteiger partial charge in [0.05, 0.1) is 23.7 Å². The lowest BCUT2D eigenvalue weighted by Gasteiger charge is -2.26. The van der Waals surface area contributed by atoms with E-state index < -0.39 is 0 Å². The van der Waals surface area contributed by atoms with Crippen LogP contribution in [0.5, 0.6) is 5.75 Å². The van der Waals surface area contributed by atoms with Crippen LogP contribution in [0.1, 0.15) is 17.4 Å². The molecule has 0 radical (unpaired) electrons. The van der Waals surface area contributed by atoms with E-state index in [9.17, 15) is 4.79 Å². The van der Waals surface area contributed by atoms with E-state index >= 15 is 0 Å². The number of benzene rings is 2. The predicted molar refractivity (Wildman–Crippen MR) is 98.1 cm³/mol. The van der Waals surface area contributed by atoms with Crippen LogP contribution >= 0.6 is 0 Å². The summed E-state index contributed by atoms with van der Waals surface area (Å²) in [5.74, 6) is 1.43. The molecule has 0 fully saturated rings. The van der Waals surface area contributed by atoms with Gasteiger partial charge in [0.15, 0.2) is 6.61 Å². The van der Waals surface area contributed by atoms with Gasteiger partial charge in [-0.1, -0.05) is 24.3 Å². The molecule has 6 nitrogen and oxygen atoms in total. The van der Waals surface area contributed by atoms with Crippen LogP contribution in [0, 0.1) is 6.92 Å². The Hall–Kier alpha value is -2.86. The van der Waals surface area contributed by atoms with Gasteiger partial charge in [0, 0.05) is 6.54 Å². The molecule has 4 rings (SSSR count). The Morgan fingerprint density at radius 1 is 1.31 bits per heavy atom. The summed E-state index contributed by atoms with van der Waals surface area (Å²) in [5, 5.41) is 2.94. The number of nitrogens with zero attached hydrogens (tertiary/aromatic N) is 2. The number of nitrogens with one attached hydrogen (secondary N) is 1. The lowest BCUT2D eigenvalue weighted by molar-refractivity contribution is -0.123. The molecule has 6 heteroatoms. The summed E-state index contributed by atoms with van der Waals surface area (Å²) in [7, 11) is 0. The highest BCUT2D eigenvalue weighted by Gasteiger charge is 2.24. The minimum Gasteiger partial charge on any atom is -0.484 e. The molecule has 134 valence electrons. The molecular formula is C20H21N3O3. The quantitative estimate of drug-likeness (QED) is 0.767. The van der Waals surface area contributed by atoms with Gasteiger partial charge in [0.2, 0.25) is 0 Å². The Kier molecular flexibility index (Phi) is 4.58. The summed E-state index contributed by atoms with van der Waals surface area (Å²) >= 11 is 0. The van der Waals surface area contributed by atoms with Crippen LogP contribution in [0.3, 0.4) is 0 Å². The van der Waals surface area contributed by atoms with Gasteiger partial charge >= 0.3 is 0 Å². The molecule has 26 heavy (non-hydrogen) atoms. The predicted octanol–water partition coefficient (Wildman–Crippen LogP) is 2.61. The molecule has 2 aromatic carbocycles. The summed E-state index contributed by atoms with van der Waals surface area (Å²) < 4.78 is 13.3. The second kappa shape index (κ2) is 7.17. The van der Waals surface area contributed by atoms with Crippen molar-refractivity contribution in [3.63, 3.8) is 0 Å². The molecule has 1 aliphatic rings. The summed E-state index contributed by atoms with van der Waals surface area (Å²) in [4.78, 5) is 16.8. The monoisotopic (exact) mass is 351 g/mol. The highest BCUT2D eigenvalue weighted by atomic mass is 16.5. The number of carbonyl (C=O) groups is 1. The number of aromatic nitrogens is 2. The molecule has 0 spiro atoms. The van der Waals surface area contributed by atoms with Crippen molar-refractivity contribution in [3.8, 4) is 5.75 Å². The largest absolute Gasteiger partial charge is 0.484 e. The van der Waals surface area contributed by atoms with Crippen LogP contribution in [0.15, 0.2) is 48.5 Å². The molecule has 0 bridgehead atoms. The van der Waals surface area contributed by atoms with Gasteiger partial charge in [-0.15, -0.1) is 0 Å². The number of hydrogen-bond acceptors (Lipinski definition) is 4. The van der Waals surface area contributed by atoms with Crippen molar-refractivity contribution in [2.75, 3.05) is 19.8 Å². The zero-order valence-electron chi connectivity index (χ0n) is 14.6. The number of amides is 1. The summed E-state index contributed by atoms with van der Waals surface area (Å²) in [6, 6.07) is 15.5. The van der Waals surface area contributed by atoms with Crippen molar-refractivity contribution in [2.24, 2.45) is 0 Å². The van der Waals surface area contributed by atoms with E-state index in [1.54, 1.807) is 0 Å². The molecule has 0 saturated carbocycles. The number of aryl methyl sites for hydroxylation is 1. The highest BCUT2D eigenvalue weighted by Crippen LogP contribution is 2.26. The molecule has 1 N–H and O–H groups in total. The zero-order valence-corrected chi connectivity index (χ0v) is 14.6. The third-order valence-corrected chi connectivity index (χ3v) is 4.47.